The largest absolute Gasteiger partial charge is 0.365 e. The van der Waals surface area contributed by atoms with Crippen LogP contribution in [0.3, 0.4) is 0 Å². The van der Waals surface area contributed by atoms with Crippen molar-refractivity contribution in [1.82, 2.24) is 9.38 Å². The lowest BCUT2D eigenvalue weighted by Gasteiger charge is -2.11. The third-order valence-electron chi connectivity index (χ3n) is 4.53. The van der Waals surface area contributed by atoms with Gasteiger partial charge >= 0.3 is 0 Å². The maximum absolute atomic E-state index is 4.92. The van der Waals surface area contributed by atoms with Gasteiger partial charge in [-0.3, -0.25) is 4.40 Å². The zero-order chi connectivity index (χ0) is 18.1. The van der Waals surface area contributed by atoms with Crippen LogP contribution in [-0.4, -0.2) is 9.38 Å². The Morgan fingerprint density at radius 2 is 1.81 bits per heavy atom. The Morgan fingerprint density at radius 1 is 1.00 bits per heavy atom. The van der Waals surface area contributed by atoms with Gasteiger partial charge < -0.3 is 5.32 Å². The van der Waals surface area contributed by atoms with Gasteiger partial charge in [0.2, 0.25) is 0 Å². The van der Waals surface area contributed by atoms with Crippen molar-refractivity contribution in [2.75, 3.05) is 5.32 Å². The summed E-state index contributed by atoms with van der Waals surface area (Å²) >= 11 is 3.58. The van der Waals surface area contributed by atoms with Gasteiger partial charge in [-0.2, -0.15) is 0 Å². The number of aryl methyl sites for hydroxylation is 2. The van der Waals surface area contributed by atoms with Crippen LogP contribution in [0.5, 0.6) is 0 Å². The molecule has 1 N–H and O–H groups in total. The molecule has 2 aromatic heterocycles. The van der Waals surface area contributed by atoms with Gasteiger partial charge in [-0.15, -0.1) is 0 Å². The standard InChI is InChI=1S/C22H20BrN3/c1-15-8-9-16(2)19(12-15)21-22(24-13-17-6-4-3-5-7-17)26-14-18(23)10-11-20(26)25-21/h3-12,14,24H,13H2,1-2H3. The SMILES string of the molecule is Cc1ccc(C)c(-c2nc3ccc(Br)cn3c2NCc2ccccc2)c1. The Bertz CT molecular complexity index is 1070. The Hall–Kier alpha value is -2.59. The molecule has 4 rings (SSSR count). The number of rotatable bonds is 4. The van der Waals surface area contributed by atoms with Crippen LogP contribution < -0.4 is 5.32 Å². The summed E-state index contributed by atoms with van der Waals surface area (Å²) in [6.45, 7) is 5.00. The lowest BCUT2D eigenvalue weighted by molar-refractivity contribution is 1.08. The molecule has 0 radical (unpaired) electrons. The summed E-state index contributed by atoms with van der Waals surface area (Å²) in [6, 6.07) is 21.0. The topological polar surface area (TPSA) is 29.3 Å². The van der Waals surface area contributed by atoms with E-state index in [4.69, 9.17) is 4.98 Å². The van der Waals surface area contributed by atoms with E-state index in [1.165, 1.54) is 22.3 Å². The summed E-state index contributed by atoms with van der Waals surface area (Å²) in [7, 11) is 0. The highest BCUT2D eigenvalue weighted by Gasteiger charge is 2.16. The lowest BCUT2D eigenvalue weighted by Crippen LogP contribution is -2.03. The number of aromatic nitrogens is 2. The van der Waals surface area contributed by atoms with E-state index in [-0.39, 0.29) is 0 Å². The van der Waals surface area contributed by atoms with Gasteiger partial charge in [0.1, 0.15) is 17.2 Å². The molecule has 0 aliphatic rings. The number of nitrogens with zero attached hydrogens (tertiary/aromatic N) is 2. The summed E-state index contributed by atoms with van der Waals surface area (Å²) in [5, 5.41) is 3.60. The van der Waals surface area contributed by atoms with Gasteiger partial charge in [0.15, 0.2) is 0 Å². The summed E-state index contributed by atoms with van der Waals surface area (Å²) in [4.78, 5) is 4.92. The third-order valence-corrected chi connectivity index (χ3v) is 5.00. The molecule has 0 aliphatic carbocycles. The molecule has 26 heavy (non-hydrogen) atoms. The first kappa shape index (κ1) is 16.9. The monoisotopic (exact) mass is 405 g/mol. The van der Waals surface area contributed by atoms with E-state index < -0.39 is 0 Å². The fraction of sp³-hybridized carbons (Fsp3) is 0.136. The molecular formula is C22H20BrN3. The Morgan fingerprint density at radius 3 is 2.62 bits per heavy atom. The molecule has 0 saturated heterocycles. The van der Waals surface area contributed by atoms with Crippen LogP contribution >= 0.6 is 15.9 Å². The summed E-state index contributed by atoms with van der Waals surface area (Å²) < 4.78 is 3.14. The second-order valence-corrected chi connectivity index (χ2v) is 7.46. The van der Waals surface area contributed by atoms with Crippen molar-refractivity contribution in [1.29, 1.82) is 0 Å². The number of fused-ring (bicyclic) bond motifs is 1. The van der Waals surface area contributed by atoms with E-state index in [1.54, 1.807) is 0 Å². The van der Waals surface area contributed by atoms with E-state index in [2.05, 4.69) is 88.2 Å². The van der Waals surface area contributed by atoms with E-state index in [9.17, 15) is 0 Å². The molecule has 130 valence electrons. The second kappa shape index (κ2) is 6.96. The average molecular weight is 406 g/mol. The lowest BCUT2D eigenvalue weighted by atomic mass is 10.0. The number of anilines is 1. The first-order valence-corrected chi connectivity index (χ1v) is 9.44. The van der Waals surface area contributed by atoms with E-state index in [0.717, 1.165) is 28.2 Å². The minimum Gasteiger partial charge on any atom is -0.365 e. The van der Waals surface area contributed by atoms with E-state index >= 15 is 0 Å². The van der Waals surface area contributed by atoms with Crippen LogP contribution in [0.2, 0.25) is 0 Å². The van der Waals surface area contributed by atoms with Crippen LogP contribution in [0, 0.1) is 13.8 Å². The highest BCUT2D eigenvalue weighted by Crippen LogP contribution is 2.32. The van der Waals surface area contributed by atoms with Crippen LogP contribution in [-0.2, 0) is 6.54 Å². The molecule has 3 nitrogen and oxygen atoms in total. The van der Waals surface area contributed by atoms with Crippen molar-refractivity contribution in [2.24, 2.45) is 0 Å². The van der Waals surface area contributed by atoms with Gasteiger partial charge in [0, 0.05) is 22.8 Å². The zero-order valence-electron chi connectivity index (χ0n) is 14.8. The van der Waals surface area contributed by atoms with Gasteiger partial charge in [0.05, 0.1) is 0 Å². The van der Waals surface area contributed by atoms with Crippen molar-refractivity contribution in [3.05, 3.63) is 88.0 Å². The zero-order valence-corrected chi connectivity index (χ0v) is 16.4. The second-order valence-electron chi connectivity index (χ2n) is 6.54. The molecule has 0 saturated carbocycles. The summed E-state index contributed by atoms with van der Waals surface area (Å²) in [5.41, 5.74) is 6.78. The molecule has 0 spiro atoms. The molecular weight excluding hydrogens is 386 g/mol. The Balaban J connectivity index is 1.85. The molecule has 0 bridgehead atoms. The molecule has 0 atom stereocenters. The first-order chi connectivity index (χ1) is 12.6. The van der Waals surface area contributed by atoms with Crippen LogP contribution in [0.25, 0.3) is 16.9 Å². The fourth-order valence-corrected chi connectivity index (χ4v) is 3.48. The van der Waals surface area contributed by atoms with Crippen LogP contribution in [0.15, 0.2) is 71.3 Å². The van der Waals surface area contributed by atoms with Crippen LogP contribution in [0.4, 0.5) is 5.82 Å². The minimum atomic E-state index is 0.749. The highest BCUT2D eigenvalue weighted by molar-refractivity contribution is 9.10. The number of hydrogen-bond donors (Lipinski definition) is 1. The first-order valence-electron chi connectivity index (χ1n) is 8.65. The molecule has 4 aromatic rings. The number of pyridine rings is 1. The predicted octanol–water partition coefficient (Wildman–Crippen LogP) is 5.99. The number of halogens is 1. The summed E-state index contributed by atoms with van der Waals surface area (Å²) in [5.74, 6) is 1.01. The maximum Gasteiger partial charge on any atom is 0.139 e. The van der Waals surface area contributed by atoms with Crippen molar-refractivity contribution in [3.8, 4) is 11.3 Å². The number of benzene rings is 2. The van der Waals surface area contributed by atoms with Gasteiger partial charge in [-0.05, 0) is 59.1 Å². The quantitative estimate of drug-likeness (QED) is 0.451. The minimum absolute atomic E-state index is 0.749. The van der Waals surface area contributed by atoms with Gasteiger partial charge in [-0.25, -0.2) is 4.98 Å². The molecule has 0 aliphatic heterocycles. The Kier molecular flexibility index (Phi) is 4.51. The van der Waals surface area contributed by atoms with Crippen molar-refractivity contribution in [2.45, 2.75) is 20.4 Å². The highest BCUT2D eigenvalue weighted by atomic mass is 79.9. The Labute approximate surface area is 161 Å². The van der Waals surface area contributed by atoms with Gasteiger partial charge in [-0.1, -0.05) is 48.0 Å². The molecule has 2 aromatic carbocycles. The molecule has 2 heterocycles. The molecule has 0 fully saturated rings. The van der Waals surface area contributed by atoms with Crippen LogP contribution in [0.1, 0.15) is 16.7 Å². The van der Waals surface area contributed by atoms with Crippen molar-refractivity contribution in [3.63, 3.8) is 0 Å². The third kappa shape index (κ3) is 3.25. The van der Waals surface area contributed by atoms with E-state index in [0.29, 0.717) is 0 Å². The number of imidazole rings is 1. The fourth-order valence-electron chi connectivity index (χ4n) is 3.15. The summed E-state index contributed by atoms with van der Waals surface area (Å²) in [6.07, 6.45) is 2.06. The van der Waals surface area contributed by atoms with Crippen molar-refractivity contribution >= 4 is 27.4 Å². The van der Waals surface area contributed by atoms with Gasteiger partial charge in [0.25, 0.3) is 0 Å². The smallest absolute Gasteiger partial charge is 0.139 e. The predicted molar refractivity (Wildman–Crippen MR) is 112 cm³/mol. The van der Waals surface area contributed by atoms with Crippen molar-refractivity contribution < 1.29 is 0 Å². The average Bonchev–Trinajstić information content (AvgIpc) is 3.00. The molecule has 0 amide bonds. The molecule has 4 heteroatoms. The normalized spacial score (nSPS) is 11.0. The number of hydrogen-bond acceptors (Lipinski definition) is 2. The van der Waals surface area contributed by atoms with E-state index in [1.807, 2.05) is 18.2 Å². The maximum atomic E-state index is 4.92. The number of nitrogens with one attached hydrogen (secondary N) is 1. The molecule has 0 unspecified atom stereocenters.